The molecule has 3 heterocycles. The van der Waals surface area contributed by atoms with Gasteiger partial charge in [-0.1, -0.05) is 5.92 Å². The molecule has 0 saturated heterocycles. The Kier molecular flexibility index (Phi) is 3.47. The summed E-state index contributed by atoms with van der Waals surface area (Å²) in [6.07, 6.45) is 5.12. The summed E-state index contributed by atoms with van der Waals surface area (Å²) in [5.74, 6) is 6.27. The third-order valence-corrected chi connectivity index (χ3v) is 3.48. The molecule has 22 heavy (non-hydrogen) atoms. The van der Waals surface area contributed by atoms with Gasteiger partial charge in [0, 0.05) is 29.8 Å². The highest BCUT2D eigenvalue weighted by Crippen LogP contribution is 2.09. The number of hydrogen-bond acceptors (Lipinski definition) is 4. The lowest BCUT2D eigenvalue weighted by Crippen LogP contribution is -2.21. The SMILES string of the molecule is Cc1ccnc(C#CCn2ccn3nc(C)c(C)c3c2=O)n1. The van der Waals surface area contributed by atoms with Gasteiger partial charge >= 0.3 is 0 Å². The fourth-order valence-electron chi connectivity index (χ4n) is 2.18. The van der Waals surface area contributed by atoms with Gasteiger partial charge in [0.25, 0.3) is 5.56 Å². The van der Waals surface area contributed by atoms with Gasteiger partial charge in [-0.3, -0.25) is 4.79 Å². The van der Waals surface area contributed by atoms with E-state index in [1.165, 1.54) is 0 Å². The number of fused-ring (bicyclic) bond motifs is 1. The molecule has 0 bridgehead atoms. The molecule has 0 aliphatic carbocycles. The molecule has 0 spiro atoms. The van der Waals surface area contributed by atoms with E-state index >= 15 is 0 Å². The smallest absolute Gasteiger partial charge is 0.277 e. The zero-order chi connectivity index (χ0) is 15.7. The molecule has 6 heteroatoms. The van der Waals surface area contributed by atoms with Crippen molar-refractivity contribution >= 4 is 5.52 Å². The second-order valence-corrected chi connectivity index (χ2v) is 5.06. The van der Waals surface area contributed by atoms with Crippen LogP contribution in [0.25, 0.3) is 5.52 Å². The molecule has 0 atom stereocenters. The lowest BCUT2D eigenvalue weighted by Gasteiger charge is -2.01. The first-order valence-electron chi connectivity index (χ1n) is 6.90. The van der Waals surface area contributed by atoms with Gasteiger partial charge in [-0.2, -0.15) is 5.10 Å². The van der Waals surface area contributed by atoms with Crippen molar-refractivity contribution in [1.82, 2.24) is 24.1 Å². The molecule has 0 radical (unpaired) electrons. The van der Waals surface area contributed by atoms with Crippen LogP contribution in [0.5, 0.6) is 0 Å². The Bertz CT molecular complexity index is 972. The summed E-state index contributed by atoms with van der Waals surface area (Å²) in [6.45, 7) is 5.96. The van der Waals surface area contributed by atoms with Gasteiger partial charge in [0.1, 0.15) is 5.52 Å². The quantitative estimate of drug-likeness (QED) is 0.634. The maximum Gasteiger partial charge on any atom is 0.277 e. The third-order valence-electron chi connectivity index (χ3n) is 3.48. The lowest BCUT2D eigenvalue weighted by molar-refractivity contribution is 0.770. The summed E-state index contributed by atoms with van der Waals surface area (Å²) >= 11 is 0. The summed E-state index contributed by atoms with van der Waals surface area (Å²) in [7, 11) is 0. The minimum absolute atomic E-state index is 0.0972. The van der Waals surface area contributed by atoms with Crippen LogP contribution in [0.3, 0.4) is 0 Å². The number of nitrogens with zero attached hydrogens (tertiary/aromatic N) is 5. The van der Waals surface area contributed by atoms with Gasteiger partial charge in [-0.05, 0) is 32.8 Å². The first kappa shape index (κ1) is 14.0. The van der Waals surface area contributed by atoms with E-state index in [4.69, 9.17) is 0 Å². The molecule has 6 nitrogen and oxygen atoms in total. The fourth-order valence-corrected chi connectivity index (χ4v) is 2.18. The molecule has 0 amide bonds. The van der Waals surface area contributed by atoms with Crippen LogP contribution in [0.1, 0.15) is 22.8 Å². The molecule has 0 aromatic carbocycles. The maximum absolute atomic E-state index is 12.5. The lowest BCUT2D eigenvalue weighted by atomic mass is 10.2. The first-order valence-corrected chi connectivity index (χ1v) is 6.90. The largest absolute Gasteiger partial charge is 0.300 e. The molecule has 3 aromatic rings. The fraction of sp³-hybridized carbons (Fsp3) is 0.250. The average Bonchev–Trinajstić information content (AvgIpc) is 2.77. The van der Waals surface area contributed by atoms with Gasteiger partial charge in [-0.15, -0.1) is 0 Å². The van der Waals surface area contributed by atoms with Crippen molar-refractivity contribution in [2.45, 2.75) is 27.3 Å². The predicted octanol–water partition coefficient (Wildman–Crippen LogP) is 1.26. The van der Waals surface area contributed by atoms with E-state index in [-0.39, 0.29) is 12.1 Å². The van der Waals surface area contributed by atoms with Gasteiger partial charge in [0.05, 0.1) is 12.2 Å². The zero-order valence-corrected chi connectivity index (χ0v) is 12.7. The molecule has 0 saturated carbocycles. The van der Waals surface area contributed by atoms with Gasteiger partial charge in [-0.25, -0.2) is 14.5 Å². The van der Waals surface area contributed by atoms with Crippen molar-refractivity contribution < 1.29 is 0 Å². The van der Waals surface area contributed by atoms with Gasteiger partial charge in [0.2, 0.25) is 5.82 Å². The third kappa shape index (κ3) is 2.49. The van der Waals surface area contributed by atoms with Crippen molar-refractivity contribution in [2.75, 3.05) is 0 Å². The molecular formula is C16H15N5O. The van der Waals surface area contributed by atoms with Crippen LogP contribution >= 0.6 is 0 Å². The number of rotatable bonds is 1. The number of hydrogen-bond donors (Lipinski definition) is 0. The van der Waals surface area contributed by atoms with Crippen LogP contribution in [0, 0.1) is 32.6 Å². The van der Waals surface area contributed by atoms with E-state index in [9.17, 15) is 4.79 Å². The van der Waals surface area contributed by atoms with Crippen molar-refractivity contribution in [3.8, 4) is 11.8 Å². The Morgan fingerprint density at radius 2 is 2.05 bits per heavy atom. The van der Waals surface area contributed by atoms with E-state index in [1.54, 1.807) is 27.7 Å². The van der Waals surface area contributed by atoms with Crippen LogP contribution in [-0.4, -0.2) is 24.1 Å². The highest BCUT2D eigenvalue weighted by molar-refractivity contribution is 5.53. The average molecular weight is 293 g/mol. The summed E-state index contributed by atoms with van der Waals surface area (Å²) in [5.41, 5.74) is 3.11. The maximum atomic E-state index is 12.5. The topological polar surface area (TPSA) is 65.1 Å². The summed E-state index contributed by atoms with van der Waals surface area (Å²) in [6, 6.07) is 1.81. The van der Waals surface area contributed by atoms with E-state index in [1.807, 2.05) is 26.8 Å². The van der Waals surface area contributed by atoms with Crippen LogP contribution in [-0.2, 0) is 6.54 Å². The molecule has 0 unspecified atom stereocenters. The molecule has 0 aliphatic heterocycles. The second kappa shape index (κ2) is 5.45. The van der Waals surface area contributed by atoms with Crippen LogP contribution < -0.4 is 5.56 Å². The standard InChI is InChI=1S/C16H15N5O/c1-11-6-7-17-14(18-11)5-4-8-20-9-10-21-15(16(20)22)12(2)13(3)19-21/h6-7,9-10H,8H2,1-3H3. The van der Waals surface area contributed by atoms with Crippen LogP contribution in [0.2, 0.25) is 0 Å². The Balaban J connectivity index is 1.94. The summed E-state index contributed by atoms with van der Waals surface area (Å²) < 4.78 is 3.17. The molecule has 3 aromatic heterocycles. The van der Waals surface area contributed by atoms with E-state index in [0.717, 1.165) is 17.0 Å². The molecule has 110 valence electrons. The Hall–Kier alpha value is -2.94. The first-order chi connectivity index (χ1) is 10.6. The highest BCUT2D eigenvalue weighted by Gasteiger charge is 2.09. The molecule has 0 fully saturated rings. The zero-order valence-electron chi connectivity index (χ0n) is 12.7. The van der Waals surface area contributed by atoms with Crippen molar-refractivity contribution in [1.29, 1.82) is 0 Å². The minimum atomic E-state index is -0.0972. The minimum Gasteiger partial charge on any atom is -0.300 e. The van der Waals surface area contributed by atoms with Gasteiger partial charge in [0.15, 0.2) is 0 Å². The number of aryl methyl sites for hydroxylation is 3. The second-order valence-electron chi connectivity index (χ2n) is 5.06. The molecule has 0 N–H and O–H groups in total. The number of aromatic nitrogens is 5. The predicted molar refractivity (Wildman–Crippen MR) is 82.6 cm³/mol. The van der Waals surface area contributed by atoms with Crippen LogP contribution in [0.4, 0.5) is 0 Å². The molecule has 3 rings (SSSR count). The normalized spacial score (nSPS) is 10.5. The van der Waals surface area contributed by atoms with Crippen LogP contribution in [0.15, 0.2) is 29.5 Å². The van der Waals surface area contributed by atoms with E-state index in [2.05, 4.69) is 26.9 Å². The molecule has 0 aliphatic rings. The van der Waals surface area contributed by atoms with Crippen molar-refractivity contribution in [3.05, 3.63) is 57.8 Å². The Labute approximate surface area is 127 Å². The molecular weight excluding hydrogens is 278 g/mol. The van der Waals surface area contributed by atoms with Crippen molar-refractivity contribution in [2.24, 2.45) is 0 Å². The summed E-state index contributed by atoms with van der Waals surface area (Å²) in [5, 5.41) is 4.30. The van der Waals surface area contributed by atoms with Crippen molar-refractivity contribution in [3.63, 3.8) is 0 Å². The van der Waals surface area contributed by atoms with Gasteiger partial charge < -0.3 is 4.57 Å². The summed E-state index contributed by atoms with van der Waals surface area (Å²) in [4.78, 5) is 20.7. The van der Waals surface area contributed by atoms with E-state index in [0.29, 0.717) is 11.3 Å². The monoisotopic (exact) mass is 293 g/mol. The Morgan fingerprint density at radius 3 is 2.82 bits per heavy atom. The van der Waals surface area contributed by atoms with E-state index < -0.39 is 0 Å². The highest BCUT2D eigenvalue weighted by atomic mass is 16.1. The Morgan fingerprint density at radius 1 is 1.23 bits per heavy atom.